The molecule has 0 unspecified atom stereocenters. The van der Waals surface area contributed by atoms with Crippen LogP contribution in [0.2, 0.25) is 0 Å². The molecule has 9 nitrogen and oxygen atoms in total. The predicted molar refractivity (Wildman–Crippen MR) is 151 cm³/mol. The van der Waals surface area contributed by atoms with E-state index in [4.69, 9.17) is 19.2 Å². The lowest BCUT2D eigenvalue weighted by atomic mass is 10.1. The quantitative estimate of drug-likeness (QED) is 0.304. The minimum atomic E-state index is -0.175. The molecule has 6 rings (SSSR count). The summed E-state index contributed by atoms with van der Waals surface area (Å²) in [5.74, 6) is 2.75. The molecule has 4 aromatic rings. The first-order chi connectivity index (χ1) is 19.0. The molecule has 2 aliphatic rings. The average molecular weight is 529 g/mol. The Hall–Kier alpha value is -3.69. The van der Waals surface area contributed by atoms with E-state index < -0.39 is 0 Å². The van der Waals surface area contributed by atoms with Gasteiger partial charge in [-0.2, -0.15) is 4.98 Å². The number of methoxy groups -OCH3 is 1. The summed E-state index contributed by atoms with van der Waals surface area (Å²) in [6, 6.07) is 16.3. The van der Waals surface area contributed by atoms with Crippen molar-refractivity contribution >= 4 is 11.2 Å². The summed E-state index contributed by atoms with van der Waals surface area (Å²) in [6.07, 6.45) is 3.59. The first kappa shape index (κ1) is 25.6. The van der Waals surface area contributed by atoms with Crippen LogP contribution in [0, 0.1) is 0 Å². The molecule has 0 spiro atoms. The van der Waals surface area contributed by atoms with Gasteiger partial charge in [0.25, 0.3) is 0 Å². The molecule has 3 heterocycles. The van der Waals surface area contributed by atoms with Crippen molar-refractivity contribution in [3.63, 3.8) is 0 Å². The van der Waals surface area contributed by atoms with Crippen LogP contribution in [0.25, 0.3) is 22.6 Å². The first-order valence-corrected chi connectivity index (χ1v) is 13.7. The fourth-order valence-electron chi connectivity index (χ4n) is 4.93. The Bertz CT molecular complexity index is 1430. The Morgan fingerprint density at radius 1 is 0.974 bits per heavy atom. The molecule has 0 amide bonds. The Kier molecular flexibility index (Phi) is 7.10. The maximum absolute atomic E-state index is 6.27. The molecule has 1 aliphatic carbocycles. The zero-order valence-corrected chi connectivity index (χ0v) is 23.0. The third-order valence-electron chi connectivity index (χ3n) is 7.67. The second-order valence-corrected chi connectivity index (χ2v) is 10.8. The topological polar surface area (TPSA) is 77.8 Å². The third-order valence-corrected chi connectivity index (χ3v) is 7.67. The minimum Gasteiger partial charge on any atom is -0.496 e. The van der Waals surface area contributed by atoms with Crippen LogP contribution < -0.4 is 14.2 Å². The highest BCUT2D eigenvalue weighted by molar-refractivity contribution is 5.83. The first-order valence-electron chi connectivity index (χ1n) is 13.7. The molecule has 0 radical (unpaired) electrons. The number of rotatable bonds is 10. The lowest BCUT2D eigenvalue weighted by molar-refractivity contribution is 0.133. The number of imidazole rings is 1. The van der Waals surface area contributed by atoms with Gasteiger partial charge in [0.15, 0.2) is 11.2 Å². The number of hydrogen-bond acceptors (Lipinski definition) is 8. The van der Waals surface area contributed by atoms with E-state index in [1.54, 1.807) is 13.4 Å². The van der Waals surface area contributed by atoms with Gasteiger partial charge >= 0.3 is 0 Å². The van der Waals surface area contributed by atoms with E-state index in [-0.39, 0.29) is 5.60 Å². The predicted octanol–water partition coefficient (Wildman–Crippen LogP) is 4.11. The van der Waals surface area contributed by atoms with Gasteiger partial charge in [0.2, 0.25) is 5.88 Å². The Morgan fingerprint density at radius 3 is 2.51 bits per heavy atom. The normalized spacial score (nSPS) is 17.3. The van der Waals surface area contributed by atoms with Crippen LogP contribution in [0.3, 0.4) is 0 Å². The van der Waals surface area contributed by atoms with Crippen LogP contribution >= 0.6 is 0 Å². The summed E-state index contributed by atoms with van der Waals surface area (Å²) in [5, 5.41) is 0. The number of aromatic nitrogens is 4. The molecule has 2 fully saturated rings. The fourth-order valence-corrected chi connectivity index (χ4v) is 4.93. The van der Waals surface area contributed by atoms with Crippen molar-refractivity contribution in [1.29, 1.82) is 0 Å². The highest BCUT2D eigenvalue weighted by Gasteiger charge is 2.41. The van der Waals surface area contributed by atoms with Gasteiger partial charge in [-0.25, -0.2) is 9.97 Å². The molecule has 1 saturated carbocycles. The van der Waals surface area contributed by atoms with E-state index in [0.717, 1.165) is 73.9 Å². The van der Waals surface area contributed by atoms with Crippen LogP contribution in [-0.4, -0.2) is 88.4 Å². The monoisotopic (exact) mass is 528 g/mol. The van der Waals surface area contributed by atoms with Crippen molar-refractivity contribution in [3.8, 4) is 28.8 Å². The zero-order chi connectivity index (χ0) is 26.8. The van der Waals surface area contributed by atoms with Crippen LogP contribution in [0.1, 0.15) is 25.3 Å². The SMILES string of the molecule is COc1cc(OCCN2CCN(C)CC2)ccc1-c1nc2c(OC3(C)CC3)ncnc2n1Cc1ccccc1. The standard InChI is InChI=1S/C30H36N6O3/c1-30(11-12-30)39-29-26-28(31-21-32-29)36(20-22-7-5-4-6-8-22)27(33-26)24-10-9-23(19-25(24)37-3)38-18-17-35-15-13-34(2)14-16-35/h4-10,19,21H,11-18,20H2,1-3H3. The van der Waals surface area contributed by atoms with Gasteiger partial charge in [-0.1, -0.05) is 30.3 Å². The van der Waals surface area contributed by atoms with Gasteiger partial charge in [-0.05, 0) is 44.5 Å². The lowest BCUT2D eigenvalue weighted by Gasteiger charge is -2.32. The van der Waals surface area contributed by atoms with E-state index >= 15 is 0 Å². The molecule has 0 N–H and O–H groups in total. The smallest absolute Gasteiger partial charge is 0.245 e. The van der Waals surface area contributed by atoms with Crippen LogP contribution in [0.15, 0.2) is 54.9 Å². The summed E-state index contributed by atoms with van der Waals surface area (Å²) in [4.78, 5) is 18.9. The highest BCUT2D eigenvalue weighted by Crippen LogP contribution is 2.41. The maximum atomic E-state index is 6.27. The molecule has 9 heteroatoms. The number of piperazine rings is 1. The summed E-state index contributed by atoms with van der Waals surface area (Å²) in [6.45, 7) is 8.60. The summed E-state index contributed by atoms with van der Waals surface area (Å²) < 4.78 is 20.4. The Morgan fingerprint density at radius 2 is 1.77 bits per heavy atom. The Labute approximate surface area is 229 Å². The molecular weight excluding hydrogens is 492 g/mol. The number of benzene rings is 2. The molecule has 1 saturated heterocycles. The van der Waals surface area contributed by atoms with Crippen LogP contribution in [-0.2, 0) is 6.54 Å². The maximum Gasteiger partial charge on any atom is 0.245 e. The third kappa shape index (κ3) is 5.69. The number of fused-ring (bicyclic) bond motifs is 1. The van der Waals surface area contributed by atoms with Gasteiger partial charge in [-0.15, -0.1) is 0 Å². The lowest BCUT2D eigenvalue weighted by Crippen LogP contribution is -2.45. The highest BCUT2D eigenvalue weighted by atomic mass is 16.5. The van der Waals surface area contributed by atoms with E-state index in [1.165, 1.54) is 0 Å². The van der Waals surface area contributed by atoms with Gasteiger partial charge < -0.3 is 23.7 Å². The van der Waals surface area contributed by atoms with Crippen LogP contribution in [0.5, 0.6) is 17.4 Å². The second-order valence-electron chi connectivity index (χ2n) is 10.8. The van der Waals surface area contributed by atoms with Gasteiger partial charge in [0.1, 0.15) is 35.9 Å². The van der Waals surface area contributed by atoms with Gasteiger partial charge in [0, 0.05) is 38.8 Å². The number of hydrogen-bond donors (Lipinski definition) is 0. The molecule has 0 atom stereocenters. The molecule has 1 aliphatic heterocycles. The number of likely N-dealkylation sites (N-methyl/N-ethyl adjacent to an activating group) is 1. The van der Waals surface area contributed by atoms with Crippen molar-refractivity contribution in [1.82, 2.24) is 29.3 Å². The molecule has 204 valence electrons. The molecule has 2 aromatic carbocycles. The molecule has 39 heavy (non-hydrogen) atoms. The summed E-state index contributed by atoms with van der Waals surface area (Å²) >= 11 is 0. The molecular formula is C30H36N6O3. The molecule has 2 aromatic heterocycles. The van der Waals surface area contributed by atoms with E-state index in [1.807, 2.05) is 36.4 Å². The summed E-state index contributed by atoms with van der Waals surface area (Å²) in [5.41, 5.74) is 3.23. The largest absolute Gasteiger partial charge is 0.496 e. The zero-order valence-electron chi connectivity index (χ0n) is 23.0. The Balaban J connectivity index is 1.31. The van der Waals surface area contributed by atoms with Crippen molar-refractivity contribution in [2.75, 3.05) is 53.5 Å². The van der Waals surface area contributed by atoms with Crippen molar-refractivity contribution in [2.24, 2.45) is 0 Å². The molecule has 0 bridgehead atoms. The minimum absolute atomic E-state index is 0.175. The van der Waals surface area contributed by atoms with E-state index in [2.05, 4.69) is 50.4 Å². The number of nitrogens with zero attached hydrogens (tertiary/aromatic N) is 6. The fraction of sp³-hybridized carbons (Fsp3) is 0.433. The van der Waals surface area contributed by atoms with Gasteiger partial charge in [-0.3, -0.25) is 4.90 Å². The summed E-state index contributed by atoms with van der Waals surface area (Å²) in [7, 11) is 3.85. The van der Waals surface area contributed by atoms with Crippen molar-refractivity contribution in [2.45, 2.75) is 31.9 Å². The van der Waals surface area contributed by atoms with Crippen molar-refractivity contribution < 1.29 is 14.2 Å². The van der Waals surface area contributed by atoms with E-state index in [0.29, 0.717) is 30.3 Å². The van der Waals surface area contributed by atoms with Crippen LogP contribution in [0.4, 0.5) is 0 Å². The number of ether oxygens (including phenoxy) is 3. The second kappa shape index (κ2) is 10.8. The van der Waals surface area contributed by atoms with Gasteiger partial charge in [0.05, 0.1) is 19.2 Å². The van der Waals surface area contributed by atoms with Crippen molar-refractivity contribution in [3.05, 3.63) is 60.4 Å². The van der Waals surface area contributed by atoms with E-state index in [9.17, 15) is 0 Å². The average Bonchev–Trinajstić information content (AvgIpc) is 3.57.